The van der Waals surface area contributed by atoms with Gasteiger partial charge in [0.15, 0.2) is 0 Å². The van der Waals surface area contributed by atoms with E-state index in [2.05, 4.69) is 5.32 Å². The first-order chi connectivity index (χ1) is 11.2. The fraction of sp³-hybridized carbons (Fsp3) is 0.375. The average Bonchev–Trinajstić information content (AvgIpc) is 2.56. The van der Waals surface area contributed by atoms with Crippen LogP contribution in [0.1, 0.15) is 6.92 Å². The second-order valence-corrected chi connectivity index (χ2v) is 4.48. The summed E-state index contributed by atoms with van der Waals surface area (Å²) in [7, 11) is 0. The number of nitriles is 1. The van der Waals surface area contributed by atoms with E-state index in [0.29, 0.717) is 18.0 Å². The van der Waals surface area contributed by atoms with Crippen LogP contribution in [0.2, 0.25) is 0 Å². The number of ether oxygens (including phenoxy) is 1. The topological polar surface area (TPSA) is 106 Å². The van der Waals surface area contributed by atoms with Gasteiger partial charge in [-0.1, -0.05) is 12.1 Å². The van der Waals surface area contributed by atoms with Gasteiger partial charge in [-0.15, -0.1) is 0 Å². The normalized spacial score (nSPS) is 10.8. The Balaban J connectivity index is 2.91. The molecule has 0 spiro atoms. The van der Waals surface area contributed by atoms with Crippen LogP contribution in [0.3, 0.4) is 0 Å². The number of aliphatic hydroxyl groups is 2. The van der Waals surface area contributed by atoms with E-state index in [-0.39, 0.29) is 31.9 Å². The molecule has 0 bridgehead atoms. The molecule has 0 aliphatic carbocycles. The molecule has 0 saturated heterocycles. The molecule has 0 aliphatic rings. The molecule has 0 heterocycles. The molecule has 1 amide bonds. The van der Waals surface area contributed by atoms with E-state index in [1.165, 1.54) is 11.1 Å². The Morgan fingerprint density at radius 3 is 2.57 bits per heavy atom. The Hall–Kier alpha value is -2.56. The Bertz CT molecular complexity index is 575. The van der Waals surface area contributed by atoms with Crippen LogP contribution in [0.5, 0.6) is 5.75 Å². The van der Waals surface area contributed by atoms with Gasteiger partial charge in [0.25, 0.3) is 5.91 Å². The van der Waals surface area contributed by atoms with Crippen molar-refractivity contribution in [1.29, 1.82) is 5.26 Å². The van der Waals surface area contributed by atoms with Crippen molar-refractivity contribution in [2.45, 2.75) is 6.92 Å². The van der Waals surface area contributed by atoms with Crippen molar-refractivity contribution in [2.75, 3.05) is 38.2 Å². The Morgan fingerprint density at radius 2 is 2.00 bits per heavy atom. The number of nitrogens with zero attached hydrogens (tertiary/aromatic N) is 2. The van der Waals surface area contributed by atoms with Crippen molar-refractivity contribution < 1.29 is 19.7 Å². The molecule has 0 aromatic heterocycles. The van der Waals surface area contributed by atoms with Gasteiger partial charge in [-0.05, 0) is 19.1 Å². The molecule has 1 aromatic carbocycles. The van der Waals surface area contributed by atoms with Gasteiger partial charge in [0, 0.05) is 19.3 Å². The zero-order valence-corrected chi connectivity index (χ0v) is 13.0. The van der Waals surface area contributed by atoms with Gasteiger partial charge in [-0.25, -0.2) is 0 Å². The first-order valence-corrected chi connectivity index (χ1v) is 7.27. The molecule has 0 fully saturated rings. The lowest BCUT2D eigenvalue weighted by Gasteiger charge is -2.20. The molecule has 3 N–H and O–H groups in total. The summed E-state index contributed by atoms with van der Waals surface area (Å²) in [6, 6.07) is 8.99. The fourth-order valence-electron chi connectivity index (χ4n) is 1.89. The number of hydrogen-bond donors (Lipinski definition) is 3. The van der Waals surface area contributed by atoms with Crippen LogP contribution in [0.25, 0.3) is 0 Å². The van der Waals surface area contributed by atoms with Gasteiger partial charge in [0.1, 0.15) is 17.4 Å². The lowest BCUT2D eigenvalue weighted by Crippen LogP contribution is -2.36. The first-order valence-electron chi connectivity index (χ1n) is 7.27. The number of nitrogens with one attached hydrogen (secondary N) is 1. The van der Waals surface area contributed by atoms with E-state index in [0.717, 1.165) is 0 Å². The number of rotatable bonds is 9. The SMILES string of the molecule is CCOc1ccccc1N/C=C(/C#N)C(=O)N(CCO)CCO. The zero-order valence-electron chi connectivity index (χ0n) is 13.0. The second kappa shape index (κ2) is 10.2. The fourth-order valence-corrected chi connectivity index (χ4v) is 1.89. The lowest BCUT2D eigenvalue weighted by atomic mass is 10.2. The van der Waals surface area contributed by atoms with Crippen molar-refractivity contribution in [3.63, 3.8) is 0 Å². The predicted molar refractivity (Wildman–Crippen MR) is 85.7 cm³/mol. The monoisotopic (exact) mass is 319 g/mol. The number of carbonyl (C=O) groups is 1. The van der Waals surface area contributed by atoms with Gasteiger partial charge in [-0.3, -0.25) is 4.79 Å². The van der Waals surface area contributed by atoms with E-state index in [1.807, 2.05) is 19.1 Å². The van der Waals surface area contributed by atoms with Crippen LogP contribution in [-0.2, 0) is 4.79 Å². The van der Waals surface area contributed by atoms with E-state index in [1.54, 1.807) is 18.2 Å². The summed E-state index contributed by atoms with van der Waals surface area (Å²) in [6.45, 7) is 1.96. The van der Waals surface area contributed by atoms with Crippen molar-refractivity contribution >= 4 is 11.6 Å². The van der Waals surface area contributed by atoms with Gasteiger partial charge < -0.3 is 25.2 Å². The molecule has 0 radical (unpaired) electrons. The number of hydrogen-bond acceptors (Lipinski definition) is 6. The number of carbonyl (C=O) groups excluding carboxylic acids is 1. The van der Waals surface area contributed by atoms with Gasteiger partial charge in [0.05, 0.1) is 25.5 Å². The van der Waals surface area contributed by atoms with Crippen LogP contribution in [0.15, 0.2) is 36.0 Å². The van der Waals surface area contributed by atoms with Crippen molar-refractivity contribution in [3.05, 3.63) is 36.0 Å². The minimum absolute atomic E-state index is 0.0495. The van der Waals surface area contributed by atoms with Crippen molar-refractivity contribution in [1.82, 2.24) is 4.90 Å². The highest BCUT2D eigenvalue weighted by atomic mass is 16.5. The van der Waals surface area contributed by atoms with Gasteiger partial charge >= 0.3 is 0 Å². The maximum Gasteiger partial charge on any atom is 0.266 e. The molecular formula is C16H21N3O4. The van der Waals surface area contributed by atoms with E-state index in [4.69, 9.17) is 14.9 Å². The number of para-hydroxylation sites is 2. The van der Waals surface area contributed by atoms with Crippen LogP contribution in [-0.4, -0.2) is 53.9 Å². The summed E-state index contributed by atoms with van der Waals surface area (Å²) in [5.74, 6) is 0.0514. The van der Waals surface area contributed by atoms with E-state index in [9.17, 15) is 10.1 Å². The molecule has 124 valence electrons. The summed E-state index contributed by atoms with van der Waals surface area (Å²) < 4.78 is 5.45. The van der Waals surface area contributed by atoms with E-state index < -0.39 is 5.91 Å². The Labute approximate surface area is 135 Å². The largest absolute Gasteiger partial charge is 0.492 e. The second-order valence-electron chi connectivity index (χ2n) is 4.48. The number of aliphatic hydroxyl groups excluding tert-OH is 2. The molecule has 0 atom stereocenters. The highest BCUT2D eigenvalue weighted by Crippen LogP contribution is 2.23. The van der Waals surface area contributed by atoms with Crippen LogP contribution < -0.4 is 10.1 Å². The van der Waals surface area contributed by atoms with Crippen LogP contribution in [0.4, 0.5) is 5.69 Å². The summed E-state index contributed by atoms with van der Waals surface area (Å²) in [5.41, 5.74) is 0.504. The Kier molecular flexibility index (Phi) is 8.21. The molecule has 0 aliphatic heterocycles. The molecule has 1 aromatic rings. The molecule has 1 rings (SSSR count). The zero-order chi connectivity index (χ0) is 17.1. The van der Waals surface area contributed by atoms with Crippen LogP contribution in [0, 0.1) is 11.3 Å². The minimum atomic E-state index is -0.558. The van der Waals surface area contributed by atoms with Gasteiger partial charge in [-0.2, -0.15) is 5.26 Å². The quantitative estimate of drug-likeness (QED) is 0.457. The molecular weight excluding hydrogens is 298 g/mol. The molecule has 0 unspecified atom stereocenters. The maximum atomic E-state index is 12.2. The molecule has 23 heavy (non-hydrogen) atoms. The standard InChI is InChI=1S/C16H21N3O4/c1-2-23-15-6-4-3-5-14(15)18-12-13(11-17)16(22)19(7-9-20)8-10-21/h3-6,12,18,20-21H,2,7-10H2,1H3/b13-12-. The highest BCUT2D eigenvalue weighted by Gasteiger charge is 2.17. The highest BCUT2D eigenvalue weighted by molar-refractivity contribution is 5.97. The summed E-state index contributed by atoms with van der Waals surface area (Å²) in [4.78, 5) is 13.4. The van der Waals surface area contributed by atoms with Crippen molar-refractivity contribution in [2.24, 2.45) is 0 Å². The Morgan fingerprint density at radius 1 is 1.35 bits per heavy atom. The predicted octanol–water partition coefficient (Wildman–Crippen LogP) is 0.718. The van der Waals surface area contributed by atoms with Gasteiger partial charge in [0.2, 0.25) is 0 Å². The van der Waals surface area contributed by atoms with Crippen LogP contribution >= 0.6 is 0 Å². The molecule has 7 heteroatoms. The molecule has 7 nitrogen and oxygen atoms in total. The molecule has 0 saturated carbocycles. The summed E-state index contributed by atoms with van der Waals surface area (Å²) in [5, 5.41) is 30.0. The third kappa shape index (κ3) is 5.62. The minimum Gasteiger partial charge on any atom is -0.492 e. The van der Waals surface area contributed by atoms with Crippen molar-refractivity contribution in [3.8, 4) is 11.8 Å². The smallest absolute Gasteiger partial charge is 0.266 e. The lowest BCUT2D eigenvalue weighted by molar-refractivity contribution is -0.127. The number of amides is 1. The maximum absolute atomic E-state index is 12.2. The average molecular weight is 319 g/mol. The summed E-state index contributed by atoms with van der Waals surface area (Å²) in [6.07, 6.45) is 1.29. The third-order valence-electron chi connectivity index (χ3n) is 2.94. The first kappa shape index (κ1) is 18.5. The summed E-state index contributed by atoms with van der Waals surface area (Å²) >= 11 is 0. The van der Waals surface area contributed by atoms with E-state index >= 15 is 0 Å². The number of anilines is 1. The number of benzene rings is 1. The third-order valence-corrected chi connectivity index (χ3v) is 2.94.